The molecule has 0 radical (unpaired) electrons. The molecule has 5 heteroatoms. The van der Waals surface area contributed by atoms with E-state index in [1.54, 1.807) is 0 Å². The minimum absolute atomic E-state index is 0.0618. The zero-order chi connectivity index (χ0) is 26.8. The fourth-order valence-corrected chi connectivity index (χ4v) is 5.59. The third-order valence-corrected chi connectivity index (χ3v) is 7.34. The molecule has 0 spiro atoms. The number of β-amino-alcohol motifs (C(OH)–C–C–N with tert-alkyl or cyclic N) is 1. The quantitative estimate of drug-likeness (QED) is 0.293. The largest absolute Gasteiger partial charge is 0.466 e. The lowest BCUT2D eigenvalue weighted by molar-refractivity contribution is -0.143. The summed E-state index contributed by atoms with van der Waals surface area (Å²) in [5.41, 5.74) is 6.30. The van der Waals surface area contributed by atoms with E-state index in [-0.39, 0.29) is 24.2 Å². The van der Waals surface area contributed by atoms with Crippen LogP contribution in [0.5, 0.6) is 0 Å². The maximum Gasteiger partial charge on any atom is 0.306 e. The van der Waals surface area contributed by atoms with Crippen LogP contribution in [0.2, 0.25) is 0 Å². The maximum atomic E-state index is 11.9. The highest BCUT2D eigenvalue weighted by atomic mass is 16.5. The molecule has 0 fully saturated rings. The summed E-state index contributed by atoms with van der Waals surface area (Å²) in [7, 11) is 0. The van der Waals surface area contributed by atoms with Crippen LogP contribution in [-0.2, 0) is 33.5 Å². The first-order valence-corrected chi connectivity index (χ1v) is 14.1. The van der Waals surface area contributed by atoms with E-state index in [0.29, 0.717) is 31.9 Å². The Labute approximate surface area is 224 Å². The highest BCUT2D eigenvalue weighted by Gasteiger charge is 2.28. The molecule has 0 amide bonds. The number of aliphatic hydroxyl groups excluding tert-OH is 1. The van der Waals surface area contributed by atoms with Gasteiger partial charge in [0.1, 0.15) is 0 Å². The number of rotatable bonds is 15. The van der Waals surface area contributed by atoms with Crippen molar-refractivity contribution in [1.29, 1.82) is 0 Å². The van der Waals surface area contributed by atoms with Crippen molar-refractivity contribution in [2.75, 3.05) is 19.8 Å². The van der Waals surface area contributed by atoms with Crippen LogP contribution in [-0.4, -0.2) is 42.5 Å². The van der Waals surface area contributed by atoms with Crippen LogP contribution in [0.25, 0.3) is 0 Å². The number of carbonyl (C=O) groups is 1. The first kappa shape index (κ1) is 29.3. The van der Waals surface area contributed by atoms with Crippen molar-refractivity contribution in [3.05, 3.63) is 70.3 Å². The van der Waals surface area contributed by atoms with Gasteiger partial charge in [0.2, 0.25) is 0 Å². The number of carbonyl (C=O) groups excluding carboxylic acids is 1. The van der Waals surface area contributed by atoms with Gasteiger partial charge in [-0.25, -0.2) is 0 Å². The van der Waals surface area contributed by atoms with Gasteiger partial charge in [-0.3, -0.25) is 4.79 Å². The number of hydrogen-bond donors (Lipinski definition) is 2. The first-order chi connectivity index (χ1) is 17.7. The predicted octanol–water partition coefficient (Wildman–Crippen LogP) is 5.88. The average molecular weight is 510 g/mol. The number of aryl methyl sites for hydroxylation is 2. The van der Waals surface area contributed by atoms with Crippen molar-refractivity contribution < 1.29 is 19.4 Å². The molecular weight excluding hydrogens is 462 g/mol. The molecule has 1 aliphatic rings. The van der Waals surface area contributed by atoms with E-state index >= 15 is 0 Å². The van der Waals surface area contributed by atoms with Crippen LogP contribution < -0.4 is 5.32 Å². The third kappa shape index (κ3) is 9.24. The Kier molecular flexibility index (Phi) is 11.2. The van der Waals surface area contributed by atoms with Gasteiger partial charge in [-0.1, -0.05) is 61.4 Å². The van der Waals surface area contributed by atoms with Gasteiger partial charge in [-0.15, -0.1) is 0 Å². The summed E-state index contributed by atoms with van der Waals surface area (Å²) in [6.07, 6.45) is 5.47. The number of hydrogen-bond acceptors (Lipinski definition) is 5. The lowest BCUT2D eigenvalue weighted by atomic mass is 9.88. The summed E-state index contributed by atoms with van der Waals surface area (Å²) in [4.78, 5) is 11.9. The fourth-order valence-electron chi connectivity index (χ4n) is 5.59. The first-order valence-electron chi connectivity index (χ1n) is 14.1. The lowest BCUT2D eigenvalue weighted by Crippen LogP contribution is -2.45. The number of benzene rings is 2. The number of ether oxygens (including phenoxy) is 2. The Morgan fingerprint density at radius 3 is 2.49 bits per heavy atom. The summed E-state index contributed by atoms with van der Waals surface area (Å²) in [5, 5.41) is 14.4. The molecule has 37 heavy (non-hydrogen) atoms. The minimum Gasteiger partial charge on any atom is -0.466 e. The predicted molar refractivity (Wildman–Crippen MR) is 150 cm³/mol. The molecule has 2 aromatic carbocycles. The maximum absolute atomic E-state index is 11.9. The fraction of sp³-hybridized carbons (Fsp3) is 0.594. The van der Waals surface area contributed by atoms with E-state index in [1.165, 1.54) is 11.1 Å². The summed E-state index contributed by atoms with van der Waals surface area (Å²) in [6, 6.07) is 15.1. The summed E-state index contributed by atoms with van der Waals surface area (Å²) in [5.74, 6) is 0.463. The zero-order valence-electron chi connectivity index (χ0n) is 23.5. The van der Waals surface area contributed by atoms with Crippen molar-refractivity contribution >= 4 is 5.97 Å². The SMILES string of the molecule is CCC[C@@H](OC[C@H](O)CNC(C)(C)CC1Cc2ccccc2C1)c1ccc(C)cc1CCC(=O)OCC. The standard InChI is InChI=1S/C32H47NO4/c1-6-10-30(29-15-13-23(3)17-27(29)14-16-31(35)36-7-2)37-22-28(34)21-33-32(4,5)20-24-18-25-11-8-9-12-26(25)19-24/h8-9,11-13,15,17,24,28,30,33-34H,6-7,10,14,16,18-22H2,1-5H3/t28-,30-/m1/s1. The van der Waals surface area contributed by atoms with Gasteiger partial charge < -0.3 is 19.9 Å². The van der Waals surface area contributed by atoms with Crippen LogP contribution in [0.3, 0.4) is 0 Å². The van der Waals surface area contributed by atoms with E-state index in [1.807, 2.05) is 6.92 Å². The highest BCUT2D eigenvalue weighted by molar-refractivity contribution is 5.69. The Hall–Kier alpha value is -2.21. The van der Waals surface area contributed by atoms with Gasteiger partial charge in [-0.05, 0) is 88.0 Å². The third-order valence-electron chi connectivity index (χ3n) is 7.34. The lowest BCUT2D eigenvalue weighted by Gasteiger charge is -2.31. The van der Waals surface area contributed by atoms with E-state index in [0.717, 1.165) is 48.8 Å². The minimum atomic E-state index is -0.590. The van der Waals surface area contributed by atoms with Crippen molar-refractivity contribution in [1.82, 2.24) is 5.32 Å². The summed E-state index contributed by atoms with van der Waals surface area (Å²) < 4.78 is 11.4. The molecular formula is C32H47NO4. The van der Waals surface area contributed by atoms with Gasteiger partial charge in [-0.2, -0.15) is 0 Å². The second kappa shape index (κ2) is 14.1. The smallest absolute Gasteiger partial charge is 0.306 e. The molecule has 0 unspecified atom stereocenters. The van der Waals surface area contributed by atoms with Gasteiger partial charge in [0.05, 0.1) is 25.4 Å². The van der Waals surface area contributed by atoms with Crippen LogP contribution in [0, 0.1) is 12.8 Å². The van der Waals surface area contributed by atoms with Crippen molar-refractivity contribution in [3.8, 4) is 0 Å². The number of esters is 1. The molecule has 0 saturated heterocycles. The molecule has 0 bridgehead atoms. The number of fused-ring (bicyclic) bond motifs is 1. The van der Waals surface area contributed by atoms with E-state index < -0.39 is 6.10 Å². The van der Waals surface area contributed by atoms with Crippen molar-refractivity contribution in [3.63, 3.8) is 0 Å². The monoisotopic (exact) mass is 509 g/mol. The Morgan fingerprint density at radius 1 is 1.14 bits per heavy atom. The number of aliphatic hydroxyl groups is 1. The molecule has 0 aromatic heterocycles. The van der Waals surface area contributed by atoms with Crippen LogP contribution in [0.1, 0.15) is 87.3 Å². The van der Waals surface area contributed by atoms with Crippen molar-refractivity contribution in [2.24, 2.45) is 5.92 Å². The molecule has 204 valence electrons. The molecule has 0 aliphatic heterocycles. The van der Waals surface area contributed by atoms with Gasteiger partial charge >= 0.3 is 5.97 Å². The van der Waals surface area contributed by atoms with Crippen LogP contribution in [0.4, 0.5) is 0 Å². The molecule has 2 aromatic rings. The normalized spacial score (nSPS) is 15.4. The molecule has 1 aliphatic carbocycles. The number of nitrogens with one attached hydrogen (secondary N) is 1. The summed E-state index contributed by atoms with van der Waals surface area (Å²) >= 11 is 0. The molecule has 5 nitrogen and oxygen atoms in total. The van der Waals surface area contributed by atoms with Crippen molar-refractivity contribution in [2.45, 2.75) is 97.3 Å². The van der Waals surface area contributed by atoms with Gasteiger partial charge in [0.25, 0.3) is 0 Å². The topological polar surface area (TPSA) is 67.8 Å². The summed E-state index contributed by atoms with van der Waals surface area (Å²) in [6.45, 7) is 11.7. The van der Waals surface area contributed by atoms with E-state index in [4.69, 9.17) is 9.47 Å². The van der Waals surface area contributed by atoms with E-state index in [2.05, 4.69) is 75.5 Å². The Balaban J connectivity index is 1.52. The Morgan fingerprint density at radius 2 is 1.84 bits per heavy atom. The van der Waals surface area contributed by atoms with E-state index in [9.17, 15) is 9.90 Å². The Bertz CT molecular complexity index is 977. The molecule has 0 heterocycles. The zero-order valence-corrected chi connectivity index (χ0v) is 23.5. The van der Waals surface area contributed by atoms with Crippen LogP contribution >= 0.6 is 0 Å². The molecule has 2 atom stereocenters. The van der Waals surface area contributed by atoms with Gasteiger partial charge in [0.15, 0.2) is 0 Å². The molecule has 2 N–H and O–H groups in total. The molecule has 0 saturated carbocycles. The average Bonchev–Trinajstić information content (AvgIpc) is 3.26. The van der Waals surface area contributed by atoms with Gasteiger partial charge in [0, 0.05) is 18.5 Å². The molecule has 3 rings (SSSR count). The highest BCUT2D eigenvalue weighted by Crippen LogP contribution is 2.32. The second-order valence-electron chi connectivity index (χ2n) is 11.3. The van der Waals surface area contributed by atoms with Crippen LogP contribution in [0.15, 0.2) is 42.5 Å². The second-order valence-corrected chi connectivity index (χ2v) is 11.3.